The molecule has 57 heavy (non-hydrogen) atoms. The van der Waals surface area contributed by atoms with Crippen molar-refractivity contribution in [2.75, 3.05) is 27.4 Å². The molecule has 10 atom stereocenters. The first-order chi connectivity index (χ1) is 27.2. The van der Waals surface area contributed by atoms with Crippen LogP contribution in [0.5, 0.6) is 34.5 Å². The van der Waals surface area contributed by atoms with Gasteiger partial charge in [0.2, 0.25) is 0 Å². The van der Waals surface area contributed by atoms with Crippen LogP contribution in [-0.2, 0) is 23.7 Å². The minimum atomic E-state index is -2.04. The summed E-state index contributed by atoms with van der Waals surface area (Å²) in [6.45, 7) is -1.58. The first kappa shape index (κ1) is 41.2. The van der Waals surface area contributed by atoms with Crippen molar-refractivity contribution in [1.29, 1.82) is 0 Å². The fourth-order valence-corrected chi connectivity index (χ4v) is 6.53. The molecule has 0 saturated carbocycles. The summed E-state index contributed by atoms with van der Waals surface area (Å²) in [5.41, 5.74) is -0.952. The Kier molecular flexibility index (Phi) is 12.2. The predicted octanol–water partition coefficient (Wildman–Crippen LogP) is -0.0970. The molecule has 0 radical (unpaired) electrons. The molecule has 1 aromatic heterocycles. The molecule has 10 N–H and O–H groups in total. The maximum absolute atomic E-state index is 13.5. The Balaban J connectivity index is 1.27. The smallest absolute Gasteiger partial charge is 0.330 e. The average molecular weight is 801 g/mol. The van der Waals surface area contributed by atoms with Gasteiger partial charge in [-0.1, -0.05) is 6.07 Å². The molecule has 19 heteroatoms. The van der Waals surface area contributed by atoms with Gasteiger partial charge < -0.3 is 83.9 Å². The Bertz CT molecular complexity index is 2180. The van der Waals surface area contributed by atoms with Crippen molar-refractivity contribution in [2.24, 2.45) is 0 Å². The van der Waals surface area contributed by atoms with E-state index in [1.165, 1.54) is 56.7 Å². The summed E-state index contributed by atoms with van der Waals surface area (Å²) in [4.78, 5) is 26.0. The summed E-state index contributed by atoms with van der Waals surface area (Å²) in [7, 11) is 2.66. The van der Waals surface area contributed by atoms with Crippen LogP contribution in [0.25, 0.3) is 28.4 Å². The van der Waals surface area contributed by atoms with Gasteiger partial charge in [0.15, 0.2) is 34.7 Å². The lowest BCUT2D eigenvalue weighted by Crippen LogP contribution is -2.63. The number of methoxy groups -OCH3 is 2. The van der Waals surface area contributed by atoms with Crippen LogP contribution >= 0.6 is 0 Å². The van der Waals surface area contributed by atoms with Gasteiger partial charge in [-0.15, -0.1) is 0 Å². The molecule has 2 saturated heterocycles. The lowest BCUT2D eigenvalue weighted by atomic mass is 9.89. The van der Waals surface area contributed by atoms with E-state index in [2.05, 4.69) is 0 Å². The number of aliphatic hydroxyl groups is 6. The third-order valence-electron chi connectivity index (χ3n) is 9.59. The quantitative estimate of drug-likeness (QED) is 0.0700. The molecule has 0 spiro atoms. The van der Waals surface area contributed by atoms with Crippen LogP contribution < -0.4 is 14.9 Å². The van der Waals surface area contributed by atoms with Gasteiger partial charge >= 0.3 is 5.97 Å². The molecule has 4 aromatic rings. The van der Waals surface area contributed by atoms with Gasteiger partial charge in [-0.05, 0) is 42.0 Å². The molecule has 0 unspecified atom stereocenters. The number of phenolic OH excluding ortho intramolecular Hbond substituents is 4. The minimum Gasteiger partial charge on any atom is -0.507 e. The molecule has 6 rings (SSSR count). The third kappa shape index (κ3) is 8.19. The Morgan fingerprint density at radius 2 is 1.44 bits per heavy atom. The van der Waals surface area contributed by atoms with Gasteiger partial charge in [0.1, 0.15) is 89.8 Å². The summed E-state index contributed by atoms with van der Waals surface area (Å²) < 4.78 is 38.4. The molecule has 0 amide bonds. The number of aromatic hydroxyl groups is 4. The molecular formula is C38H40O19. The number of fused-ring (bicyclic) bond motifs is 1. The average Bonchev–Trinajstić information content (AvgIpc) is 3.19. The van der Waals surface area contributed by atoms with Crippen molar-refractivity contribution in [3.8, 4) is 45.8 Å². The molecule has 3 heterocycles. The molecule has 2 aliphatic rings. The minimum absolute atomic E-state index is 0.0372. The number of benzene rings is 3. The highest BCUT2D eigenvalue weighted by Gasteiger charge is 2.52. The summed E-state index contributed by atoms with van der Waals surface area (Å²) >= 11 is 0. The zero-order chi connectivity index (χ0) is 41.3. The van der Waals surface area contributed by atoms with Crippen molar-refractivity contribution in [3.63, 3.8) is 0 Å². The Morgan fingerprint density at radius 3 is 2.12 bits per heavy atom. The number of esters is 1. The van der Waals surface area contributed by atoms with Crippen LogP contribution in [0.15, 0.2) is 63.8 Å². The van der Waals surface area contributed by atoms with Gasteiger partial charge in [-0.25, -0.2) is 4.79 Å². The molecular weight excluding hydrogens is 760 g/mol. The number of phenols is 4. The number of rotatable bonds is 11. The standard InChI is InChI=1S/C38H40O19/c1-51-22-9-15(3-6-17(22)40)4-8-27(44)53-14-26-31(46)33(48)35(50)38(56-26)57-37-34(49)30(45)25(13-39)55-36(37)29-20(43)12-24-28(32(29)47)19(42)11-21(54-24)16-5-7-18(41)23(10-16)52-2/h3-12,25-26,30-31,33-41,43,45-50H,13-14H2,1-2H3/b8-4+/t25-,26-,30-,31-,33+,34+,35-,36+,37-,38+/m1/s1. The summed E-state index contributed by atoms with van der Waals surface area (Å²) in [6, 6.07) is 10.4. The van der Waals surface area contributed by atoms with Crippen LogP contribution in [0.4, 0.5) is 0 Å². The van der Waals surface area contributed by atoms with Crippen LogP contribution in [0, 0.1) is 0 Å². The topological polar surface area (TPSA) is 305 Å². The van der Waals surface area contributed by atoms with Crippen LogP contribution in [0.1, 0.15) is 17.2 Å². The number of ether oxygens (including phenoxy) is 6. The fourth-order valence-electron chi connectivity index (χ4n) is 6.53. The van der Waals surface area contributed by atoms with Gasteiger partial charge in [0.25, 0.3) is 0 Å². The Labute approximate surface area is 321 Å². The maximum Gasteiger partial charge on any atom is 0.330 e. The second-order valence-corrected chi connectivity index (χ2v) is 13.2. The predicted molar refractivity (Wildman–Crippen MR) is 192 cm³/mol. The van der Waals surface area contributed by atoms with E-state index < -0.39 is 108 Å². The molecule has 19 nitrogen and oxygen atoms in total. The summed E-state index contributed by atoms with van der Waals surface area (Å²) in [5, 5.41) is 106. The highest BCUT2D eigenvalue weighted by Crippen LogP contribution is 2.46. The molecule has 0 aliphatic carbocycles. The fraction of sp³-hybridized carbons (Fsp3) is 0.368. The highest BCUT2D eigenvalue weighted by molar-refractivity contribution is 5.88. The van der Waals surface area contributed by atoms with Crippen molar-refractivity contribution >= 4 is 23.0 Å². The molecule has 306 valence electrons. The van der Waals surface area contributed by atoms with Gasteiger partial charge in [0.05, 0.1) is 26.4 Å². The highest BCUT2D eigenvalue weighted by atomic mass is 16.7. The monoisotopic (exact) mass is 800 g/mol. The van der Waals surface area contributed by atoms with E-state index in [9.17, 15) is 60.7 Å². The van der Waals surface area contributed by atoms with E-state index in [0.717, 1.165) is 18.2 Å². The van der Waals surface area contributed by atoms with Gasteiger partial charge in [0, 0.05) is 23.8 Å². The first-order valence-corrected chi connectivity index (χ1v) is 17.3. The Morgan fingerprint density at radius 1 is 0.772 bits per heavy atom. The largest absolute Gasteiger partial charge is 0.507 e. The second-order valence-electron chi connectivity index (χ2n) is 13.2. The molecule has 2 aliphatic heterocycles. The number of aliphatic hydroxyl groups excluding tert-OH is 6. The van der Waals surface area contributed by atoms with E-state index in [1.807, 2.05) is 0 Å². The van der Waals surface area contributed by atoms with Crippen LogP contribution in [0.3, 0.4) is 0 Å². The molecule has 2 fully saturated rings. The lowest BCUT2D eigenvalue weighted by Gasteiger charge is -2.46. The summed E-state index contributed by atoms with van der Waals surface area (Å²) in [5.74, 6) is -2.73. The second kappa shape index (κ2) is 16.9. The number of hydrogen-bond acceptors (Lipinski definition) is 19. The molecule has 0 bridgehead atoms. The SMILES string of the molecule is COc1cc(/C=C/C(=O)OC[C@H]2O[C@@H](O[C@@H]3[C@@H](O)[C@H](O)[C@@H](CO)O[C@H]3c3c(O)cc4oc(-c5ccc(O)c(OC)c5)cc(=O)c4c3O)[C@H](O)[C@@H](O)[C@@H]2O)ccc1O. The Hall–Kier alpha value is -5.48. The zero-order valence-electron chi connectivity index (χ0n) is 30.1. The van der Waals surface area contributed by atoms with E-state index in [0.29, 0.717) is 5.56 Å². The van der Waals surface area contributed by atoms with Gasteiger partial charge in [-0.3, -0.25) is 4.79 Å². The number of carbonyl (C=O) groups is 1. The lowest BCUT2D eigenvalue weighted by molar-refractivity contribution is -0.342. The van der Waals surface area contributed by atoms with Crippen molar-refractivity contribution in [3.05, 3.63) is 76.0 Å². The number of carbonyl (C=O) groups excluding carboxylic acids is 1. The first-order valence-electron chi connectivity index (χ1n) is 17.3. The van der Waals surface area contributed by atoms with Gasteiger partial charge in [-0.2, -0.15) is 0 Å². The van der Waals surface area contributed by atoms with Crippen LogP contribution in [-0.4, -0.2) is 140 Å². The third-order valence-corrected chi connectivity index (χ3v) is 9.59. The maximum atomic E-state index is 13.5. The number of hydrogen-bond donors (Lipinski definition) is 10. The van der Waals surface area contributed by atoms with E-state index in [1.54, 1.807) is 0 Å². The van der Waals surface area contributed by atoms with Crippen molar-refractivity contribution in [2.45, 2.75) is 61.2 Å². The van der Waals surface area contributed by atoms with E-state index in [-0.39, 0.29) is 39.9 Å². The molecule has 3 aromatic carbocycles. The normalized spacial score (nSPS) is 27.7. The zero-order valence-corrected chi connectivity index (χ0v) is 30.1. The van der Waals surface area contributed by atoms with Crippen LogP contribution in [0.2, 0.25) is 0 Å². The van der Waals surface area contributed by atoms with Crippen molar-refractivity contribution in [1.82, 2.24) is 0 Å². The van der Waals surface area contributed by atoms with E-state index in [4.69, 9.17) is 32.8 Å². The summed E-state index contributed by atoms with van der Waals surface area (Å²) in [6.07, 6.45) is -16.2. The van der Waals surface area contributed by atoms with Crippen molar-refractivity contribution < 1.29 is 88.7 Å². The van der Waals surface area contributed by atoms with E-state index >= 15 is 0 Å².